The first kappa shape index (κ1) is 13.0. The summed E-state index contributed by atoms with van der Waals surface area (Å²) in [5.41, 5.74) is 0. The van der Waals surface area contributed by atoms with Gasteiger partial charge in [-0.15, -0.1) is 0 Å². The molecule has 1 atom stereocenters. The molecular weight excluding hydrogens is 210 g/mol. The zero-order valence-corrected chi connectivity index (χ0v) is 9.81. The zero-order chi connectivity index (χ0) is 12.1. The minimum atomic E-state index is -0.817. The van der Waals surface area contributed by atoms with Crippen LogP contribution in [0.15, 0.2) is 0 Å². The molecule has 0 radical (unpaired) electrons. The minimum Gasteiger partial charge on any atom is -0.481 e. The molecule has 1 N–H and O–H groups in total. The molecule has 1 amide bonds. The molecule has 0 unspecified atom stereocenters. The van der Waals surface area contributed by atoms with Crippen LogP contribution in [0.3, 0.4) is 0 Å². The third-order valence-corrected chi connectivity index (χ3v) is 2.66. The number of likely N-dealkylation sites (tertiary alicyclic amines) is 1. The van der Waals surface area contributed by atoms with Gasteiger partial charge in [-0.2, -0.15) is 0 Å². The van der Waals surface area contributed by atoms with E-state index in [1.165, 1.54) is 0 Å². The van der Waals surface area contributed by atoms with Crippen LogP contribution < -0.4 is 0 Å². The van der Waals surface area contributed by atoms with Crippen molar-refractivity contribution >= 4 is 11.9 Å². The smallest absolute Gasteiger partial charge is 0.308 e. The molecule has 0 aromatic rings. The molecule has 0 aromatic carbocycles. The summed E-state index contributed by atoms with van der Waals surface area (Å²) in [6.45, 7) is 4.73. The van der Waals surface area contributed by atoms with E-state index in [4.69, 9.17) is 9.84 Å². The fourth-order valence-electron chi connectivity index (χ4n) is 1.73. The normalized spacial score (nSPS) is 21.2. The third-order valence-electron chi connectivity index (χ3n) is 2.66. The van der Waals surface area contributed by atoms with Gasteiger partial charge in [-0.1, -0.05) is 0 Å². The first-order chi connectivity index (χ1) is 7.50. The maximum Gasteiger partial charge on any atom is 0.308 e. The van der Waals surface area contributed by atoms with Crippen LogP contribution in [0.2, 0.25) is 0 Å². The Bertz CT molecular complexity index is 265. The Labute approximate surface area is 95.4 Å². The van der Waals surface area contributed by atoms with Crippen molar-refractivity contribution in [1.29, 1.82) is 0 Å². The van der Waals surface area contributed by atoms with E-state index < -0.39 is 11.9 Å². The molecule has 0 aliphatic carbocycles. The maximum atomic E-state index is 11.7. The van der Waals surface area contributed by atoms with Crippen LogP contribution in [0.1, 0.15) is 26.7 Å². The number of carbonyl (C=O) groups excluding carboxylic acids is 1. The van der Waals surface area contributed by atoms with Gasteiger partial charge in [0.15, 0.2) is 0 Å². The molecule has 0 bridgehead atoms. The second-order valence-electron chi connectivity index (χ2n) is 4.38. The van der Waals surface area contributed by atoms with Gasteiger partial charge in [0, 0.05) is 13.1 Å². The van der Waals surface area contributed by atoms with Gasteiger partial charge in [0.05, 0.1) is 12.0 Å². The number of piperidine rings is 1. The van der Waals surface area contributed by atoms with Gasteiger partial charge < -0.3 is 14.7 Å². The highest BCUT2D eigenvalue weighted by Gasteiger charge is 2.27. The summed E-state index contributed by atoms with van der Waals surface area (Å²) in [5, 5.41) is 8.89. The highest BCUT2D eigenvalue weighted by Crippen LogP contribution is 2.16. The lowest BCUT2D eigenvalue weighted by molar-refractivity contribution is -0.147. The summed E-state index contributed by atoms with van der Waals surface area (Å²) in [4.78, 5) is 24.1. The first-order valence-electron chi connectivity index (χ1n) is 5.63. The molecular formula is C11H19NO4. The van der Waals surface area contributed by atoms with E-state index in [1.54, 1.807) is 4.90 Å². The summed E-state index contributed by atoms with van der Waals surface area (Å²) in [7, 11) is 0. The van der Waals surface area contributed by atoms with Crippen LogP contribution in [-0.2, 0) is 14.3 Å². The largest absolute Gasteiger partial charge is 0.481 e. The summed E-state index contributed by atoms with van der Waals surface area (Å²) in [5.74, 6) is -1.35. The molecule has 5 heteroatoms. The highest BCUT2D eigenvalue weighted by molar-refractivity contribution is 5.79. The predicted molar refractivity (Wildman–Crippen MR) is 58.0 cm³/mol. The lowest BCUT2D eigenvalue weighted by Gasteiger charge is -2.30. The monoisotopic (exact) mass is 229 g/mol. The van der Waals surface area contributed by atoms with Crippen molar-refractivity contribution in [3.63, 3.8) is 0 Å². The zero-order valence-electron chi connectivity index (χ0n) is 9.81. The molecule has 0 saturated carbocycles. The number of rotatable bonds is 4. The Balaban J connectivity index is 2.41. The number of hydrogen-bond acceptors (Lipinski definition) is 3. The van der Waals surface area contributed by atoms with Crippen molar-refractivity contribution in [2.24, 2.45) is 5.92 Å². The Morgan fingerprint density at radius 2 is 2.19 bits per heavy atom. The van der Waals surface area contributed by atoms with E-state index in [-0.39, 0.29) is 18.6 Å². The molecule has 1 aliphatic heterocycles. The van der Waals surface area contributed by atoms with Gasteiger partial charge in [0.1, 0.15) is 6.61 Å². The van der Waals surface area contributed by atoms with Crippen LogP contribution in [0, 0.1) is 5.92 Å². The Hall–Kier alpha value is -1.10. The average Bonchev–Trinajstić information content (AvgIpc) is 2.26. The van der Waals surface area contributed by atoms with Crippen molar-refractivity contribution in [2.45, 2.75) is 32.8 Å². The number of nitrogens with zero attached hydrogens (tertiary/aromatic N) is 1. The fourth-order valence-corrected chi connectivity index (χ4v) is 1.73. The second-order valence-corrected chi connectivity index (χ2v) is 4.38. The van der Waals surface area contributed by atoms with Crippen molar-refractivity contribution in [3.8, 4) is 0 Å². The number of carboxylic acids is 1. The molecule has 1 heterocycles. The molecule has 92 valence electrons. The molecule has 1 aliphatic rings. The fraction of sp³-hybridized carbons (Fsp3) is 0.818. The van der Waals surface area contributed by atoms with Gasteiger partial charge in [0.25, 0.3) is 0 Å². The summed E-state index contributed by atoms with van der Waals surface area (Å²) < 4.78 is 5.21. The maximum absolute atomic E-state index is 11.7. The minimum absolute atomic E-state index is 0.0176. The lowest BCUT2D eigenvalue weighted by Crippen LogP contribution is -2.44. The third kappa shape index (κ3) is 3.81. The molecule has 1 fully saturated rings. The number of aliphatic carboxylic acids is 1. The van der Waals surface area contributed by atoms with Crippen LogP contribution in [0.4, 0.5) is 0 Å². The number of carboxylic acid groups (broad SMARTS) is 1. The Morgan fingerprint density at radius 3 is 2.75 bits per heavy atom. The summed E-state index contributed by atoms with van der Waals surface area (Å²) in [6.07, 6.45) is 1.43. The average molecular weight is 229 g/mol. The Morgan fingerprint density at radius 1 is 1.50 bits per heavy atom. The van der Waals surface area contributed by atoms with Crippen molar-refractivity contribution < 1.29 is 19.4 Å². The van der Waals surface area contributed by atoms with E-state index >= 15 is 0 Å². The van der Waals surface area contributed by atoms with Gasteiger partial charge in [-0.3, -0.25) is 9.59 Å². The molecule has 0 spiro atoms. The highest BCUT2D eigenvalue weighted by atomic mass is 16.5. The van der Waals surface area contributed by atoms with E-state index in [0.717, 1.165) is 6.42 Å². The van der Waals surface area contributed by atoms with Crippen molar-refractivity contribution in [2.75, 3.05) is 19.7 Å². The van der Waals surface area contributed by atoms with E-state index in [2.05, 4.69) is 0 Å². The second kappa shape index (κ2) is 5.84. The van der Waals surface area contributed by atoms with E-state index in [1.807, 2.05) is 13.8 Å². The van der Waals surface area contributed by atoms with Crippen molar-refractivity contribution in [3.05, 3.63) is 0 Å². The molecule has 16 heavy (non-hydrogen) atoms. The van der Waals surface area contributed by atoms with Crippen LogP contribution in [0.25, 0.3) is 0 Å². The quantitative estimate of drug-likeness (QED) is 0.772. The van der Waals surface area contributed by atoms with Crippen LogP contribution in [-0.4, -0.2) is 47.7 Å². The van der Waals surface area contributed by atoms with E-state index in [0.29, 0.717) is 19.5 Å². The topological polar surface area (TPSA) is 66.8 Å². The van der Waals surface area contributed by atoms with Crippen molar-refractivity contribution in [1.82, 2.24) is 4.90 Å². The lowest BCUT2D eigenvalue weighted by atomic mass is 9.98. The van der Waals surface area contributed by atoms with Gasteiger partial charge in [0.2, 0.25) is 5.91 Å². The number of hydrogen-bond donors (Lipinski definition) is 1. The predicted octanol–water partition coefficient (Wildman–Crippen LogP) is 0.735. The molecule has 1 rings (SSSR count). The standard InChI is InChI=1S/C11H19NO4/c1-8(2)16-7-10(13)12-5-3-4-9(6-12)11(14)15/h8-9H,3-7H2,1-2H3,(H,14,15)/t9-/m1/s1. The van der Waals surface area contributed by atoms with E-state index in [9.17, 15) is 9.59 Å². The SMILES string of the molecule is CC(C)OCC(=O)N1CCC[C@@H](C(=O)O)C1. The number of carbonyl (C=O) groups is 2. The Kier molecular flexibility index (Phi) is 4.73. The van der Waals surface area contributed by atoms with Gasteiger partial charge in [-0.25, -0.2) is 0 Å². The summed E-state index contributed by atoms with van der Waals surface area (Å²) in [6, 6.07) is 0. The summed E-state index contributed by atoms with van der Waals surface area (Å²) >= 11 is 0. The number of amides is 1. The number of ether oxygens (including phenoxy) is 1. The molecule has 5 nitrogen and oxygen atoms in total. The molecule has 0 aromatic heterocycles. The molecule has 1 saturated heterocycles. The van der Waals surface area contributed by atoms with Crippen LogP contribution in [0.5, 0.6) is 0 Å². The van der Waals surface area contributed by atoms with Crippen LogP contribution >= 0.6 is 0 Å². The van der Waals surface area contributed by atoms with Gasteiger partial charge in [-0.05, 0) is 26.7 Å². The first-order valence-corrected chi connectivity index (χ1v) is 5.63. The van der Waals surface area contributed by atoms with Gasteiger partial charge >= 0.3 is 5.97 Å².